The number of amides is 1. The average molecular weight is 469 g/mol. The number of aryl methyl sites for hydroxylation is 2. The number of ether oxygens (including phenoxy) is 1. The Balaban J connectivity index is 1.78. The fourth-order valence-electron chi connectivity index (χ4n) is 2.90. The van der Waals surface area contributed by atoms with Gasteiger partial charge in [0.2, 0.25) is 0 Å². The lowest BCUT2D eigenvalue weighted by Gasteiger charge is -2.12. The maximum Gasteiger partial charge on any atom is 0.266 e. The molecule has 0 aliphatic rings. The van der Waals surface area contributed by atoms with Gasteiger partial charge in [0.15, 0.2) is 5.75 Å². The minimum Gasteiger partial charge on any atom is -0.486 e. The first-order valence-electron chi connectivity index (χ1n) is 9.64. The van der Waals surface area contributed by atoms with E-state index in [0.717, 1.165) is 11.1 Å². The predicted molar refractivity (Wildman–Crippen MR) is 125 cm³/mol. The smallest absolute Gasteiger partial charge is 0.266 e. The largest absolute Gasteiger partial charge is 0.486 e. The van der Waals surface area contributed by atoms with E-state index in [4.69, 9.17) is 27.9 Å². The monoisotopic (exact) mass is 468 g/mol. The van der Waals surface area contributed by atoms with E-state index in [1.54, 1.807) is 24.3 Å². The Bertz CT molecular complexity index is 1230. The fraction of sp³-hybridized carbons (Fsp3) is 0.120. The van der Waals surface area contributed by atoms with Crippen LogP contribution >= 0.6 is 23.2 Å². The average Bonchev–Trinajstić information content (AvgIpc) is 2.75. The molecule has 4 nitrogen and oxygen atoms in total. The van der Waals surface area contributed by atoms with E-state index in [2.05, 4.69) is 5.32 Å². The van der Waals surface area contributed by atoms with Crippen LogP contribution in [-0.4, -0.2) is 5.91 Å². The molecule has 0 aliphatic carbocycles. The minimum atomic E-state index is -0.553. The maximum atomic E-state index is 13.8. The van der Waals surface area contributed by atoms with Crippen molar-refractivity contribution in [3.63, 3.8) is 0 Å². The van der Waals surface area contributed by atoms with E-state index >= 15 is 0 Å². The van der Waals surface area contributed by atoms with Gasteiger partial charge in [-0.25, -0.2) is 4.39 Å². The second kappa shape index (κ2) is 10.3. The SMILES string of the molecule is Cc1ccc(NC(=O)/C(C#N)=C/c2cc(Cl)c(OCc3ccccc3F)c(Cl)c2)cc1C. The summed E-state index contributed by atoms with van der Waals surface area (Å²) in [4.78, 5) is 12.5. The molecule has 1 amide bonds. The standard InChI is InChI=1S/C25H19Cl2FN2O2/c1-15-7-8-20(9-16(15)2)30-25(31)19(13-29)10-17-11-21(26)24(22(27)12-17)32-14-18-5-3-4-6-23(18)28/h3-12H,14H2,1-2H3,(H,30,31)/b19-10+. The molecule has 0 saturated carbocycles. The zero-order chi connectivity index (χ0) is 23.3. The predicted octanol–water partition coefficient (Wildman–Crippen LogP) is 6.87. The van der Waals surface area contributed by atoms with Crippen molar-refractivity contribution in [2.45, 2.75) is 20.5 Å². The number of anilines is 1. The lowest BCUT2D eigenvalue weighted by Crippen LogP contribution is -2.13. The number of halogens is 3. The van der Waals surface area contributed by atoms with Crippen LogP contribution in [0.5, 0.6) is 5.75 Å². The van der Waals surface area contributed by atoms with Gasteiger partial charge >= 0.3 is 0 Å². The molecule has 0 radical (unpaired) electrons. The normalized spacial score (nSPS) is 11.1. The van der Waals surface area contributed by atoms with Gasteiger partial charge in [-0.3, -0.25) is 4.79 Å². The van der Waals surface area contributed by atoms with E-state index in [0.29, 0.717) is 16.8 Å². The Morgan fingerprint density at radius 3 is 2.41 bits per heavy atom. The summed E-state index contributed by atoms with van der Waals surface area (Å²) in [5.74, 6) is -0.762. The second-order valence-corrected chi connectivity index (χ2v) is 7.93. The van der Waals surface area contributed by atoms with Crippen LogP contribution in [0.15, 0.2) is 60.2 Å². The zero-order valence-corrected chi connectivity index (χ0v) is 18.9. The third-order valence-electron chi connectivity index (χ3n) is 4.79. The molecule has 1 N–H and O–H groups in total. The van der Waals surface area contributed by atoms with Gasteiger partial charge in [-0.15, -0.1) is 0 Å². The molecule has 0 saturated heterocycles. The van der Waals surface area contributed by atoms with Gasteiger partial charge in [-0.1, -0.05) is 47.5 Å². The molecule has 3 aromatic carbocycles. The first-order chi connectivity index (χ1) is 15.3. The van der Waals surface area contributed by atoms with E-state index in [-0.39, 0.29) is 28.0 Å². The number of nitriles is 1. The van der Waals surface area contributed by atoms with Crippen LogP contribution in [0.4, 0.5) is 10.1 Å². The third-order valence-corrected chi connectivity index (χ3v) is 5.35. The summed E-state index contributed by atoms with van der Waals surface area (Å²) in [6.07, 6.45) is 1.38. The number of hydrogen-bond donors (Lipinski definition) is 1. The van der Waals surface area contributed by atoms with Crippen LogP contribution < -0.4 is 10.1 Å². The Labute approximate surface area is 195 Å². The first kappa shape index (κ1) is 23.3. The Morgan fingerprint density at radius 1 is 1.09 bits per heavy atom. The van der Waals surface area contributed by atoms with Crippen LogP contribution in [0.25, 0.3) is 6.08 Å². The minimum absolute atomic E-state index is 0.0525. The van der Waals surface area contributed by atoms with Crippen molar-refractivity contribution in [1.82, 2.24) is 0 Å². The lowest BCUT2D eigenvalue weighted by atomic mass is 10.1. The molecule has 0 aliphatic heterocycles. The molecule has 0 fully saturated rings. The van der Waals surface area contributed by atoms with E-state index in [1.807, 2.05) is 32.0 Å². The molecule has 3 rings (SSSR count). The molecule has 0 bridgehead atoms. The lowest BCUT2D eigenvalue weighted by molar-refractivity contribution is -0.112. The molecule has 7 heteroatoms. The molecular formula is C25H19Cl2FN2O2. The van der Waals surface area contributed by atoms with Gasteiger partial charge in [-0.05, 0) is 66.9 Å². The van der Waals surface area contributed by atoms with Gasteiger partial charge < -0.3 is 10.1 Å². The highest BCUT2D eigenvalue weighted by Gasteiger charge is 2.14. The molecule has 0 heterocycles. The molecule has 32 heavy (non-hydrogen) atoms. The van der Waals surface area contributed by atoms with E-state index in [1.165, 1.54) is 24.3 Å². The topological polar surface area (TPSA) is 62.1 Å². The van der Waals surface area contributed by atoms with Crippen LogP contribution in [0.1, 0.15) is 22.3 Å². The highest BCUT2D eigenvalue weighted by molar-refractivity contribution is 6.37. The van der Waals surface area contributed by atoms with Crippen molar-refractivity contribution in [1.29, 1.82) is 5.26 Å². The maximum absolute atomic E-state index is 13.8. The molecule has 162 valence electrons. The highest BCUT2D eigenvalue weighted by Crippen LogP contribution is 2.35. The first-order valence-corrected chi connectivity index (χ1v) is 10.4. The highest BCUT2D eigenvalue weighted by atomic mass is 35.5. The van der Waals surface area contributed by atoms with Crippen molar-refractivity contribution in [3.05, 3.63) is 98.3 Å². The van der Waals surface area contributed by atoms with Crippen molar-refractivity contribution in [3.8, 4) is 11.8 Å². The molecule has 0 aromatic heterocycles. The van der Waals surface area contributed by atoms with Gasteiger partial charge in [0.05, 0.1) is 10.0 Å². The number of benzene rings is 3. The second-order valence-electron chi connectivity index (χ2n) is 7.12. The van der Waals surface area contributed by atoms with Gasteiger partial charge in [0.1, 0.15) is 24.1 Å². The van der Waals surface area contributed by atoms with Gasteiger partial charge in [0, 0.05) is 11.3 Å². The summed E-state index contributed by atoms with van der Waals surface area (Å²) in [5.41, 5.74) is 3.40. The summed E-state index contributed by atoms with van der Waals surface area (Å²) in [5, 5.41) is 12.5. The van der Waals surface area contributed by atoms with Crippen LogP contribution in [0, 0.1) is 31.0 Å². The van der Waals surface area contributed by atoms with E-state index < -0.39 is 11.7 Å². The van der Waals surface area contributed by atoms with Crippen LogP contribution in [0.2, 0.25) is 10.0 Å². The summed E-state index contributed by atoms with van der Waals surface area (Å²) < 4.78 is 19.4. The van der Waals surface area contributed by atoms with Crippen molar-refractivity contribution < 1.29 is 13.9 Å². The Morgan fingerprint density at radius 2 is 1.78 bits per heavy atom. The molecule has 3 aromatic rings. The molecule has 0 spiro atoms. The summed E-state index contributed by atoms with van der Waals surface area (Å²) in [7, 11) is 0. The number of hydrogen-bond acceptors (Lipinski definition) is 3. The number of nitrogens with one attached hydrogen (secondary N) is 1. The fourth-order valence-corrected chi connectivity index (χ4v) is 3.51. The Hall–Kier alpha value is -3.33. The summed E-state index contributed by atoms with van der Waals surface area (Å²) >= 11 is 12.6. The van der Waals surface area contributed by atoms with Gasteiger partial charge in [-0.2, -0.15) is 5.26 Å². The van der Waals surface area contributed by atoms with Crippen molar-refractivity contribution >= 4 is 40.9 Å². The van der Waals surface area contributed by atoms with E-state index in [9.17, 15) is 14.4 Å². The zero-order valence-electron chi connectivity index (χ0n) is 17.4. The number of carbonyl (C=O) groups excluding carboxylic acids is 1. The van der Waals surface area contributed by atoms with Crippen LogP contribution in [-0.2, 0) is 11.4 Å². The van der Waals surface area contributed by atoms with Crippen molar-refractivity contribution in [2.24, 2.45) is 0 Å². The number of nitrogens with zero attached hydrogens (tertiary/aromatic N) is 1. The number of carbonyl (C=O) groups is 1. The molecular weight excluding hydrogens is 450 g/mol. The molecule has 0 unspecified atom stereocenters. The van der Waals surface area contributed by atoms with Crippen LogP contribution in [0.3, 0.4) is 0 Å². The molecule has 0 atom stereocenters. The quantitative estimate of drug-likeness (QED) is 0.316. The van der Waals surface area contributed by atoms with Crippen molar-refractivity contribution in [2.75, 3.05) is 5.32 Å². The summed E-state index contributed by atoms with van der Waals surface area (Å²) in [6.45, 7) is 3.85. The Kier molecular flexibility index (Phi) is 7.53. The third kappa shape index (κ3) is 5.67. The van der Waals surface area contributed by atoms with Gasteiger partial charge in [0.25, 0.3) is 5.91 Å². The number of rotatable bonds is 6. The summed E-state index contributed by atoms with van der Waals surface area (Å²) in [6, 6.07) is 16.6.